The molecule has 2 atom stereocenters. The van der Waals surface area contributed by atoms with E-state index in [2.05, 4.69) is 40.3 Å². The highest BCUT2D eigenvalue weighted by molar-refractivity contribution is 6.33. The molecule has 0 radical (unpaired) electrons. The first-order valence-corrected chi connectivity index (χ1v) is 10.2. The van der Waals surface area contributed by atoms with Crippen LogP contribution in [0.2, 0.25) is 5.02 Å². The highest BCUT2D eigenvalue weighted by Gasteiger charge is 2.38. The molecule has 0 unspecified atom stereocenters. The molecular formula is C21H27ClN4O. The molecule has 1 amide bonds. The Balaban J connectivity index is 1.39. The third kappa shape index (κ3) is 4.04. The predicted molar refractivity (Wildman–Crippen MR) is 107 cm³/mol. The average molecular weight is 387 g/mol. The Kier molecular flexibility index (Phi) is 5.50. The minimum atomic E-state index is 0.0286. The molecule has 3 aliphatic heterocycles. The molecule has 0 spiro atoms. The molecule has 5 nitrogen and oxygen atoms in total. The van der Waals surface area contributed by atoms with Crippen LogP contribution in [-0.4, -0.2) is 57.7 Å². The molecule has 6 heteroatoms. The highest BCUT2D eigenvalue weighted by atomic mass is 35.5. The van der Waals surface area contributed by atoms with Crippen molar-refractivity contribution in [3.05, 3.63) is 52.8 Å². The largest absolute Gasteiger partial charge is 0.333 e. The molecule has 0 saturated carbocycles. The summed E-state index contributed by atoms with van der Waals surface area (Å²) < 4.78 is 1.60. The summed E-state index contributed by atoms with van der Waals surface area (Å²) in [6, 6.07) is 11.0. The molecule has 0 N–H and O–H groups in total. The summed E-state index contributed by atoms with van der Waals surface area (Å²) in [6.07, 6.45) is 6.12. The van der Waals surface area contributed by atoms with E-state index in [0.717, 1.165) is 45.4 Å². The van der Waals surface area contributed by atoms with Crippen molar-refractivity contribution in [2.75, 3.05) is 26.2 Å². The number of aryl methyl sites for hydroxylation is 2. The highest BCUT2D eigenvalue weighted by Crippen LogP contribution is 2.30. The van der Waals surface area contributed by atoms with E-state index in [1.54, 1.807) is 17.9 Å². The lowest BCUT2D eigenvalue weighted by molar-refractivity contribution is 0.0574. The van der Waals surface area contributed by atoms with Gasteiger partial charge in [0.15, 0.2) is 0 Å². The first kappa shape index (κ1) is 18.5. The zero-order valence-corrected chi connectivity index (χ0v) is 16.6. The van der Waals surface area contributed by atoms with Crippen molar-refractivity contribution in [2.24, 2.45) is 13.0 Å². The maximum Gasteiger partial charge on any atom is 0.273 e. The number of rotatable bonds is 5. The number of aromatic nitrogens is 2. The maximum absolute atomic E-state index is 13.1. The molecule has 5 rings (SSSR count). The number of halogens is 1. The van der Waals surface area contributed by atoms with Crippen LogP contribution in [0.25, 0.3) is 0 Å². The summed E-state index contributed by atoms with van der Waals surface area (Å²) in [5.74, 6) is 0.581. The molecule has 2 aromatic rings. The third-order valence-corrected chi connectivity index (χ3v) is 6.21. The summed E-state index contributed by atoms with van der Waals surface area (Å²) in [6.45, 7) is 3.98. The topological polar surface area (TPSA) is 41.4 Å². The van der Waals surface area contributed by atoms with E-state index in [0.29, 0.717) is 16.6 Å². The van der Waals surface area contributed by atoms with Crippen molar-refractivity contribution in [2.45, 2.75) is 31.7 Å². The lowest BCUT2D eigenvalue weighted by Gasteiger charge is -2.36. The number of amides is 1. The zero-order valence-electron chi connectivity index (χ0n) is 15.9. The van der Waals surface area contributed by atoms with Crippen LogP contribution in [0, 0.1) is 5.92 Å². The minimum absolute atomic E-state index is 0.0286. The third-order valence-electron chi connectivity index (χ3n) is 5.93. The number of nitrogens with zero attached hydrogens (tertiary/aromatic N) is 4. The van der Waals surface area contributed by atoms with Crippen molar-refractivity contribution in [1.82, 2.24) is 19.6 Å². The fraction of sp³-hybridized carbons (Fsp3) is 0.524. The quantitative estimate of drug-likeness (QED) is 0.792. The Bertz CT molecular complexity index is 771. The van der Waals surface area contributed by atoms with Crippen LogP contribution in [-0.2, 0) is 13.5 Å². The molecule has 144 valence electrons. The number of carbonyl (C=O) groups excluding carboxylic acids is 1. The van der Waals surface area contributed by atoms with Gasteiger partial charge in [-0.2, -0.15) is 5.10 Å². The monoisotopic (exact) mass is 386 g/mol. The van der Waals surface area contributed by atoms with Crippen molar-refractivity contribution in [1.29, 1.82) is 0 Å². The number of carbonyl (C=O) groups is 1. The summed E-state index contributed by atoms with van der Waals surface area (Å²) in [5, 5.41) is 4.58. The van der Waals surface area contributed by atoms with Gasteiger partial charge in [0, 0.05) is 32.7 Å². The van der Waals surface area contributed by atoms with Gasteiger partial charge in [-0.1, -0.05) is 41.9 Å². The molecule has 2 bridgehead atoms. The number of benzene rings is 1. The Labute approximate surface area is 165 Å². The Morgan fingerprint density at radius 2 is 2.00 bits per heavy atom. The van der Waals surface area contributed by atoms with Crippen molar-refractivity contribution >= 4 is 17.5 Å². The molecule has 1 aromatic heterocycles. The summed E-state index contributed by atoms with van der Waals surface area (Å²) in [7, 11) is 1.78. The second-order valence-corrected chi connectivity index (χ2v) is 8.28. The van der Waals surface area contributed by atoms with Gasteiger partial charge in [-0.05, 0) is 43.7 Å². The predicted octanol–water partition coefficient (Wildman–Crippen LogP) is 3.24. The lowest BCUT2D eigenvalue weighted by Crippen LogP contribution is -2.48. The molecule has 3 aliphatic rings. The van der Waals surface area contributed by atoms with E-state index in [1.165, 1.54) is 12.0 Å². The molecule has 4 heterocycles. The van der Waals surface area contributed by atoms with Crippen molar-refractivity contribution in [3.63, 3.8) is 0 Å². The van der Waals surface area contributed by atoms with Gasteiger partial charge in [-0.25, -0.2) is 0 Å². The van der Waals surface area contributed by atoms with E-state index in [-0.39, 0.29) is 11.9 Å². The molecular weight excluding hydrogens is 360 g/mol. The van der Waals surface area contributed by atoms with Gasteiger partial charge >= 0.3 is 0 Å². The van der Waals surface area contributed by atoms with E-state index < -0.39 is 0 Å². The summed E-state index contributed by atoms with van der Waals surface area (Å²) in [4.78, 5) is 17.7. The molecule has 0 aliphatic carbocycles. The number of piperidine rings is 1. The van der Waals surface area contributed by atoms with E-state index in [4.69, 9.17) is 11.6 Å². The second-order valence-electron chi connectivity index (χ2n) is 7.87. The fourth-order valence-corrected chi connectivity index (χ4v) is 4.80. The van der Waals surface area contributed by atoms with Crippen LogP contribution in [0.4, 0.5) is 0 Å². The fourth-order valence-electron chi connectivity index (χ4n) is 4.55. The smallest absolute Gasteiger partial charge is 0.273 e. The molecule has 27 heavy (non-hydrogen) atoms. The maximum atomic E-state index is 13.1. The van der Waals surface area contributed by atoms with E-state index >= 15 is 0 Å². The van der Waals surface area contributed by atoms with Crippen molar-refractivity contribution in [3.8, 4) is 0 Å². The first-order chi connectivity index (χ1) is 13.1. The summed E-state index contributed by atoms with van der Waals surface area (Å²) in [5.41, 5.74) is 1.91. The number of fused-ring (bicyclic) bond motifs is 4. The Morgan fingerprint density at radius 1 is 1.19 bits per heavy atom. The molecule has 3 saturated heterocycles. The first-order valence-electron chi connectivity index (χ1n) is 9.86. The van der Waals surface area contributed by atoms with Crippen molar-refractivity contribution < 1.29 is 4.79 Å². The van der Waals surface area contributed by atoms with Crippen LogP contribution >= 0.6 is 11.6 Å². The zero-order chi connectivity index (χ0) is 18.8. The number of hydrogen-bond acceptors (Lipinski definition) is 3. The normalized spacial score (nSPS) is 22.8. The van der Waals surface area contributed by atoms with Crippen LogP contribution in [0.3, 0.4) is 0 Å². The standard InChI is InChI=1S/C21H27ClN4O/c1-24-20(19(22)12-23-24)21(27)26-14-17-9-10-18(26)15-25(13-17)11-5-8-16-6-3-2-4-7-16/h2-4,6-7,12,17-18H,5,8-11,13-15H2,1H3/t17-,18+/m0/s1. The van der Waals surface area contributed by atoms with Crippen LogP contribution in [0.15, 0.2) is 36.5 Å². The Morgan fingerprint density at radius 3 is 2.74 bits per heavy atom. The van der Waals surface area contributed by atoms with E-state index in [9.17, 15) is 4.79 Å². The average Bonchev–Trinajstić information content (AvgIpc) is 2.84. The SMILES string of the molecule is Cn1ncc(Cl)c1C(=O)N1C[C@H]2CC[C@@H]1CN(CCCc1ccccc1)C2. The van der Waals surface area contributed by atoms with Gasteiger partial charge in [0.05, 0.1) is 11.2 Å². The second kappa shape index (κ2) is 8.03. The minimum Gasteiger partial charge on any atom is -0.333 e. The molecule has 3 fully saturated rings. The van der Waals surface area contributed by atoms with Crippen LogP contribution in [0.1, 0.15) is 35.3 Å². The summed E-state index contributed by atoms with van der Waals surface area (Å²) >= 11 is 6.22. The van der Waals surface area contributed by atoms with Crippen LogP contribution < -0.4 is 0 Å². The van der Waals surface area contributed by atoms with Gasteiger partial charge < -0.3 is 9.80 Å². The molecule has 1 aromatic carbocycles. The van der Waals surface area contributed by atoms with Gasteiger partial charge in [0.2, 0.25) is 0 Å². The van der Waals surface area contributed by atoms with Gasteiger partial charge in [0.25, 0.3) is 5.91 Å². The van der Waals surface area contributed by atoms with E-state index in [1.807, 2.05) is 4.90 Å². The van der Waals surface area contributed by atoms with Crippen LogP contribution in [0.5, 0.6) is 0 Å². The van der Waals surface area contributed by atoms with Gasteiger partial charge in [-0.3, -0.25) is 9.48 Å². The Hall–Kier alpha value is -1.85. The van der Waals surface area contributed by atoms with Gasteiger partial charge in [-0.15, -0.1) is 0 Å². The lowest BCUT2D eigenvalue weighted by atomic mass is 9.94. The van der Waals surface area contributed by atoms with Gasteiger partial charge in [0.1, 0.15) is 5.69 Å². The number of hydrogen-bond donors (Lipinski definition) is 0.